The number of carbonyl (C=O) groups excluding carboxylic acids is 1. The summed E-state index contributed by atoms with van der Waals surface area (Å²) in [6.07, 6.45) is 0. The maximum atomic E-state index is 12.7. The van der Waals surface area contributed by atoms with E-state index in [9.17, 15) is 4.79 Å². The highest BCUT2D eigenvalue weighted by molar-refractivity contribution is 7.13. The van der Waals surface area contributed by atoms with Gasteiger partial charge in [-0.3, -0.25) is 4.79 Å². The van der Waals surface area contributed by atoms with Gasteiger partial charge in [0.2, 0.25) is 11.7 Å². The zero-order chi connectivity index (χ0) is 19.0. The van der Waals surface area contributed by atoms with Crippen molar-refractivity contribution in [3.8, 4) is 11.4 Å². The Morgan fingerprint density at radius 3 is 2.30 bits per heavy atom. The molecule has 8 heteroatoms. The van der Waals surface area contributed by atoms with Crippen LogP contribution in [-0.2, 0) is 0 Å². The van der Waals surface area contributed by atoms with Crippen LogP contribution in [0.25, 0.3) is 11.4 Å². The van der Waals surface area contributed by atoms with Crippen molar-refractivity contribution in [3.05, 3.63) is 45.7 Å². The van der Waals surface area contributed by atoms with Crippen LogP contribution in [0.5, 0.6) is 0 Å². The summed E-state index contributed by atoms with van der Waals surface area (Å²) in [5.41, 5.74) is 2.90. The third-order valence-electron chi connectivity index (χ3n) is 4.68. The first-order valence-electron chi connectivity index (χ1n) is 8.90. The first kappa shape index (κ1) is 17.7. The molecule has 1 aromatic carbocycles. The number of hydrogen-bond acceptors (Lipinski definition) is 7. The van der Waals surface area contributed by atoms with Gasteiger partial charge in [-0.25, -0.2) is 4.98 Å². The lowest BCUT2D eigenvalue weighted by atomic mass is 10.1. The maximum absolute atomic E-state index is 12.7. The smallest absolute Gasteiger partial charge is 0.265 e. The van der Waals surface area contributed by atoms with Crippen molar-refractivity contribution in [1.82, 2.24) is 20.0 Å². The molecule has 0 radical (unpaired) electrons. The summed E-state index contributed by atoms with van der Waals surface area (Å²) in [5, 5.41) is 4.88. The lowest BCUT2D eigenvalue weighted by Crippen LogP contribution is -2.48. The van der Waals surface area contributed by atoms with Crippen LogP contribution >= 0.6 is 11.3 Å². The lowest BCUT2D eigenvalue weighted by molar-refractivity contribution is 0.0750. The van der Waals surface area contributed by atoms with Crippen LogP contribution in [0.1, 0.15) is 26.3 Å². The highest BCUT2D eigenvalue weighted by atomic mass is 32.1. The Morgan fingerprint density at radius 2 is 1.74 bits per heavy atom. The Labute approximate surface area is 161 Å². The summed E-state index contributed by atoms with van der Waals surface area (Å²) in [7, 11) is 0. The van der Waals surface area contributed by atoms with Crippen molar-refractivity contribution >= 4 is 22.9 Å². The lowest BCUT2D eigenvalue weighted by Gasteiger charge is -2.36. The first-order valence-corrected chi connectivity index (χ1v) is 9.72. The second kappa shape index (κ2) is 7.11. The third-order valence-corrected chi connectivity index (χ3v) is 5.74. The first-order chi connectivity index (χ1) is 13.0. The van der Waals surface area contributed by atoms with Crippen LogP contribution in [0.15, 0.2) is 28.8 Å². The van der Waals surface area contributed by atoms with Crippen LogP contribution in [0.2, 0.25) is 0 Å². The van der Waals surface area contributed by atoms with E-state index in [-0.39, 0.29) is 5.91 Å². The second-order valence-electron chi connectivity index (χ2n) is 6.61. The molecule has 0 bridgehead atoms. The fourth-order valence-electron chi connectivity index (χ4n) is 3.28. The van der Waals surface area contributed by atoms with Crippen molar-refractivity contribution in [2.24, 2.45) is 0 Å². The van der Waals surface area contributed by atoms with Crippen molar-refractivity contribution in [2.75, 3.05) is 31.1 Å². The van der Waals surface area contributed by atoms with Crippen LogP contribution < -0.4 is 4.90 Å². The molecule has 0 N–H and O–H groups in total. The summed E-state index contributed by atoms with van der Waals surface area (Å²) in [6, 6.07) is 8.13. The molecule has 140 valence electrons. The van der Waals surface area contributed by atoms with Crippen molar-refractivity contribution in [2.45, 2.75) is 20.8 Å². The molecule has 4 rings (SSSR count). The average molecular weight is 383 g/mol. The van der Waals surface area contributed by atoms with Crippen LogP contribution in [0.4, 0.5) is 5.69 Å². The van der Waals surface area contributed by atoms with E-state index in [1.54, 1.807) is 6.92 Å². The van der Waals surface area contributed by atoms with Gasteiger partial charge in [0.25, 0.3) is 5.91 Å². The molecule has 0 spiro atoms. The molecular formula is C19H21N5O2S. The van der Waals surface area contributed by atoms with Crippen LogP contribution in [-0.4, -0.2) is 52.1 Å². The standard InChI is InChI=1S/C19H21N5O2S/c1-12-17(27-14(3)20-12)19(25)24-10-8-23(9-11-24)16-6-4-15(5-7-16)18-21-13(2)26-22-18/h4-7H,8-11H2,1-3H3. The molecule has 1 fully saturated rings. The zero-order valence-electron chi connectivity index (χ0n) is 15.6. The van der Waals surface area contributed by atoms with E-state index in [0.29, 0.717) is 24.8 Å². The topological polar surface area (TPSA) is 75.4 Å². The van der Waals surface area contributed by atoms with E-state index in [0.717, 1.165) is 39.9 Å². The number of aryl methyl sites for hydroxylation is 3. The van der Waals surface area contributed by atoms with Crippen LogP contribution in [0, 0.1) is 20.8 Å². The number of aromatic nitrogens is 3. The van der Waals surface area contributed by atoms with E-state index in [1.807, 2.05) is 30.9 Å². The van der Waals surface area contributed by atoms with Gasteiger partial charge in [0.15, 0.2) is 0 Å². The fourth-order valence-corrected chi connectivity index (χ4v) is 4.17. The molecule has 0 saturated carbocycles. The Hall–Kier alpha value is -2.74. The minimum atomic E-state index is 0.0978. The van der Waals surface area contributed by atoms with Gasteiger partial charge in [-0.05, 0) is 38.1 Å². The van der Waals surface area contributed by atoms with Gasteiger partial charge >= 0.3 is 0 Å². The summed E-state index contributed by atoms with van der Waals surface area (Å²) >= 11 is 1.48. The molecule has 0 aliphatic carbocycles. The monoisotopic (exact) mass is 383 g/mol. The molecule has 3 heterocycles. The number of thiazole rings is 1. The highest BCUT2D eigenvalue weighted by Gasteiger charge is 2.25. The predicted molar refractivity (Wildman–Crippen MR) is 104 cm³/mol. The Morgan fingerprint density at radius 1 is 1.04 bits per heavy atom. The van der Waals surface area contributed by atoms with E-state index < -0.39 is 0 Å². The van der Waals surface area contributed by atoms with Crippen molar-refractivity contribution < 1.29 is 9.32 Å². The van der Waals surface area contributed by atoms with Gasteiger partial charge in [-0.15, -0.1) is 11.3 Å². The maximum Gasteiger partial charge on any atom is 0.265 e. The van der Waals surface area contributed by atoms with Gasteiger partial charge in [0, 0.05) is 44.4 Å². The van der Waals surface area contributed by atoms with E-state index in [2.05, 4.69) is 32.2 Å². The van der Waals surface area contributed by atoms with Gasteiger partial charge in [-0.2, -0.15) is 4.98 Å². The SMILES string of the molecule is Cc1nc(-c2ccc(N3CCN(C(=O)c4sc(C)nc4C)CC3)cc2)no1. The number of nitrogens with zero attached hydrogens (tertiary/aromatic N) is 5. The fraction of sp³-hybridized carbons (Fsp3) is 0.368. The molecule has 1 aliphatic rings. The largest absolute Gasteiger partial charge is 0.368 e. The predicted octanol–water partition coefficient (Wildman–Crippen LogP) is 3.08. The molecule has 7 nitrogen and oxygen atoms in total. The van der Waals surface area contributed by atoms with Crippen molar-refractivity contribution in [1.29, 1.82) is 0 Å². The Bertz CT molecular complexity index is 955. The highest BCUT2D eigenvalue weighted by Crippen LogP contribution is 2.24. The molecular weight excluding hydrogens is 362 g/mol. The molecule has 27 heavy (non-hydrogen) atoms. The molecule has 2 aromatic heterocycles. The summed E-state index contributed by atoms with van der Waals surface area (Å²) < 4.78 is 5.03. The van der Waals surface area contributed by atoms with E-state index in [1.165, 1.54) is 11.3 Å². The van der Waals surface area contributed by atoms with Gasteiger partial charge in [-0.1, -0.05) is 5.16 Å². The van der Waals surface area contributed by atoms with Crippen molar-refractivity contribution in [3.63, 3.8) is 0 Å². The molecule has 1 aliphatic heterocycles. The minimum Gasteiger partial charge on any atom is -0.368 e. The number of amides is 1. The molecule has 3 aromatic rings. The van der Waals surface area contributed by atoms with E-state index >= 15 is 0 Å². The van der Waals surface area contributed by atoms with Gasteiger partial charge in [0.05, 0.1) is 10.7 Å². The Kier molecular flexibility index (Phi) is 4.65. The summed E-state index contributed by atoms with van der Waals surface area (Å²) in [4.78, 5) is 26.3. The van der Waals surface area contributed by atoms with Gasteiger partial charge < -0.3 is 14.3 Å². The molecule has 1 saturated heterocycles. The number of piperazine rings is 1. The number of carbonyl (C=O) groups is 1. The second-order valence-corrected chi connectivity index (χ2v) is 7.81. The quantitative estimate of drug-likeness (QED) is 0.692. The summed E-state index contributed by atoms with van der Waals surface area (Å²) in [5.74, 6) is 1.26. The molecule has 0 atom stereocenters. The number of rotatable bonds is 3. The van der Waals surface area contributed by atoms with E-state index in [4.69, 9.17) is 4.52 Å². The van der Waals surface area contributed by atoms with Crippen LogP contribution in [0.3, 0.4) is 0 Å². The Balaban J connectivity index is 1.40. The zero-order valence-corrected chi connectivity index (χ0v) is 16.4. The summed E-state index contributed by atoms with van der Waals surface area (Å²) in [6.45, 7) is 8.65. The normalized spacial score (nSPS) is 14.6. The van der Waals surface area contributed by atoms with Gasteiger partial charge in [0.1, 0.15) is 4.88 Å². The number of benzene rings is 1. The molecule has 1 amide bonds. The average Bonchev–Trinajstić information content (AvgIpc) is 3.26. The molecule has 0 unspecified atom stereocenters. The number of hydrogen-bond donors (Lipinski definition) is 0. The minimum absolute atomic E-state index is 0.0978. The number of anilines is 1. The third kappa shape index (κ3) is 3.57.